The Morgan fingerprint density at radius 1 is 0.886 bits per heavy atom. The summed E-state index contributed by atoms with van der Waals surface area (Å²) in [5.41, 5.74) is 0.0486. The van der Waals surface area contributed by atoms with E-state index >= 15 is 0 Å². The number of carbonyl (C=O) groups excluding carboxylic acids is 4. The maximum Gasteiger partial charge on any atom is 0.274 e. The van der Waals surface area contributed by atoms with Crippen LogP contribution in [0.3, 0.4) is 0 Å². The van der Waals surface area contributed by atoms with Crippen molar-refractivity contribution in [2.45, 2.75) is 97.0 Å². The molecule has 3 heterocycles. The van der Waals surface area contributed by atoms with Crippen molar-refractivity contribution in [2.75, 3.05) is 19.7 Å². The van der Waals surface area contributed by atoms with E-state index in [0.717, 1.165) is 31.5 Å². The molecule has 2 saturated heterocycles. The predicted molar refractivity (Wildman–Crippen MR) is 165 cm³/mol. The van der Waals surface area contributed by atoms with Crippen molar-refractivity contribution >= 4 is 23.5 Å². The molecule has 0 radical (unpaired) electrons. The van der Waals surface area contributed by atoms with Crippen LogP contribution >= 0.6 is 0 Å². The number of Topliss-reactive ketones (excluding diaryl/α,β-unsaturated/α-hetero) is 1. The third-order valence-electron chi connectivity index (χ3n) is 8.05. The van der Waals surface area contributed by atoms with E-state index in [9.17, 15) is 19.2 Å². The molecular weight excluding hydrogens is 562 g/mol. The molecule has 3 unspecified atom stereocenters. The van der Waals surface area contributed by atoms with Gasteiger partial charge in [0.1, 0.15) is 17.7 Å². The van der Waals surface area contributed by atoms with Gasteiger partial charge in [-0.1, -0.05) is 63.2 Å². The Balaban J connectivity index is 1.48. The minimum absolute atomic E-state index is 0.0721. The fourth-order valence-corrected chi connectivity index (χ4v) is 5.52. The molecule has 2 aliphatic heterocycles. The van der Waals surface area contributed by atoms with Gasteiger partial charge in [0.25, 0.3) is 5.91 Å². The van der Waals surface area contributed by atoms with E-state index in [2.05, 4.69) is 26.0 Å². The van der Waals surface area contributed by atoms with Gasteiger partial charge in [-0.25, -0.2) is 0 Å². The van der Waals surface area contributed by atoms with Crippen LogP contribution in [0.25, 0.3) is 0 Å². The van der Waals surface area contributed by atoms with Crippen molar-refractivity contribution in [1.29, 1.82) is 0 Å². The van der Waals surface area contributed by atoms with Gasteiger partial charge < -0.3 is 25.2 Å². The van der Waals surface area contributed by atoms with Crippen LogP contribution in [0, 0.1) is 11.8 Å². The largest absolute Gasteiger partial charge is 0.361 e. The quantitative estimate of drug-likeness (QED) is 0.246. The molecule has 0 spiro atoms. The number of ether oxygens (including phenoxy) is 1. The molecule has 240 valence electrons. The molecule has 0 saturated carbocycles. The van der Waals surface area contributed by atoms with E-state index in [1.807, 2.05) is 58.0 Å². The fraction of sp³-hybridized carbons (Fsp3) is 0.606. The minimum atomic E-state index is -0.981. The number of benzene rings is 1. The number of nitrogens with one attached hydrogen (secondary N) is 3. The standard InChI is InChI=1S/C33H47N5O6/c1-21(2)15-25(29(39)33(5)20-43-33)34-31(41)27(17-23-11-7-6-8-12-23)36-30(40)26(16-22(3)4)35-32(42)28-18-24(44-37-28)19-38-13-9-10-14-38/h6-8,11-12,18,21-22,25-27H,9-10,13-17,19-20H2,1-5H3,(H,34,41)(H,35,42)(H,36,40)/t25?,26?,27-,33?/m0/s1. The lowest BCUT2D eigenvalue weighted by Crippen LogP contribution is -2.57. The van der Waals surface area contributed by atoms with Crippen LogP contribution in [0.4, 0.5) is 0 Å². The normalized spacial score (nSPS) is 20.2. The van der Waals surface area contributed by atoms with Crippen molar-refractivity contribution in [3.8, 4) is 0 Å². The predicted octanol–water partition coefficient (Wildman–Crippen LogP) is 3.03. The topological polar surface area (TPSA) is 146 Å². The summed E-state index contributed by atoms with van der Waals surface area (Å²) in [5.74, 6) is -0.846. The van der Waals surface area contributed by atoms with Crippen LogP contribution in [0.1, 0.15) is 82.1 Å². The molecule has 0 bridgehead atoms. The summed E-state index contributed by atoms with van der Waals surface area (Å²) in [5, 5.41) is 12.5. The van der Waals surface area contributed by atoms with Crippen molar-refractivity contribution in [1.82, 2.24) is 26.0 Å². The van der Waals surface area contributed by atoms with E-state index in [4.69, 9.17) is 9.26 Å². The van der Waals surface area contributed by atoms with Crippen LogP contribution < -0.4 is 16.0 Å². The third-order valence-corrected chi connectivity index (χ3v) is 8.05. The first-order chi connectivity index (χ1) is 20.9. The molecule has 44 heavy (non-hydrogen) atoms. The van der Waals surface area contributed by atoms with Crippen molar-refractivity contribution in [3.63, 3.8) is 0 Å². The van der Waals surface area contributed by atoms with Gasteiger partial charge in [0, 0.05) is 12.5 Å². The van der Waals surface area contributed by atoms with Crippen LogP contribution in [-0.2, 0) is 32.1 Å². The number of likely N-dealkylation sites (tertiary alicyclic amines) is 1. The lowest BCUT2D eigenvalue weighted by molar-refractivity contribution is -0.133. The Hall–Kier alpha value is -3.57. The number of carbonyl (C=O) groups is 4. The molecule has 11 nitrogen and oxygen atoms in total. The van der Waals surface area contributed by atoms with E-state index in [0.29, 0.717) is 31.8 Å². The van der Waals surface area contributed by atoms with Gasteiger partial charge in [0.15, 0.2) is 17.2 Å². The fourth-order valence-electron chi connectivity index (χ4n) is 5.52. The second kappa shape index (κ2) is 14.9. The lowest BCUT2D eigenvalue weighted by Gasteiger charge is -2.27. The van der Waals surface area contributed by atoms with Crippen molar-refractivity contribution in [2.24, 2.45) is 11.8 Å². The van der Waals surface area contributed by atoms with Crippen LogP contribution in [-0.4, -0.2) is 77.0 Å². The smallest absolute Gasteiger partial charge is 0.274 e. The van der Waals surface area contributed by atoms with Crippen LogP contribution in [0.15, 0.2) is 40.9 Å². The maximum atomic E-state index is 13.7. The summed E-state index contributed by atoms with van der Waals surface area (Å²) in [6.07, 6.45) is 3.28. The zero-order valence-electron chi connectivity index (χ0n) is 26.6. The summed E-state index contributed by atoms with van der Waals surface area (Å²) >= 11 is 0. The molecular formula is C33H47N5O6. The van der Waals surface area contributed by atoms with Crippen molar-refractivity contribution in [3.05, 3.63) is 53.4 Å². The van der Waals surface area contributed by atoms with Crippen LogP contribution in [0.2, 0.25) is 0 Å². The Morgan fingerprint density at radius 2 is 1.48 bits per heavy atom. The van der Waals surface area contributed by atoms with E-state index < -0.39 is 41.4 Å². The second-order valence-electron chi connectivity index (χ2n) is 13.1. The second-order valence-corrected chi connectivity index (χ2v) is 13.1. The minimum Gasteiger partial charge on any atom is -0.361 e. The van der Waals surface area contributed by atoms with E-state index in [1.54, 1.807) is 13.0 Å². The molecule has 0 aliphatic carbocycles. The first kappa shape index (κ1) is 33.3. The van der Waals surface area contributed by atoms with Gasteiger partial charge in [-0.2, -0.15) is 0 Å². The van der Waals surface area contributed by atoms with Gasteiger partial charge in [-0.3, -0.25) is 24.1 Å². The van der Waals surface area contributed by atoms with Crippen LogP contribution in [0.5, 0.6) is 0 Å². The third kappa shape index (κ3) is 9.46. The monoisotopic (exact) mass is 609 g/mol. The molecule has 2 aliphatic rings. The number of aromatic nitrogens is 1. The maximum absolute atomic E-state index is 13.7. The highest BCUT2D eigenvalue weighted by molar-refractivity contribution is 5.99. The van der Waals surface area contributed by atoms with Crippen molar-refractivity contribution < 1.29 is 28.4 Å². The number of hydrogen-bond acceptors (Lipinski definition) is 8. The van der Waals surface area contributed by atoms with Gasteiger partial charge in [0.05, 0.1) is 19.2 Å². The summed E-state index contributed by atoms with van der Waals surface area (Å²) in [4.78, 5) is 56.0. The highest BCUT2D eigenvalue weighted by atomic mass is 16.6. The first-order valence-corrected chi connectivity index (χ1v) is 15.7. The molecule has 2 fully saturated rings. The number of nitrogens with zero attached hydrogens (tertiary/aromatic N) is 2. The zero-order valence-corrected chi connectivity index (χ0v) is 26.6. The Morgan fingerprint density at radius 3 is 2.09 bits per heavy atom. The number of ketones is 1. The molecule has 4 atom stereocenters. The van der Waals surface area contributed by atoms with E-state index in [1.165, 1.54) is 0 Å². The Bertz CT molecular complexity index is 1280. The SMILES string of the molecule is CC(C)CC(NC(=O)c1cc(CN2CCCC2)on1)C(=O)N[C@@H](Cc1ccccc1)C(=O)NC(CC(C)C)C(=O)C1(C)CO1. The molecule has 2 aromatic rings. The first-order valence-electron chi connectivity index (χ1n) is 15.7. The highest BCUT2D eigenvalue weighted by Crippen LogP contribution is 2.29. The highest BCUT2D eigenvalue weighted by Gasteiger charge is 2.50. The number of rotatable bonds is 16. The zero-order chi connectivity index (χ0) is 31.9. The summed E-state index contributed by atoms with van der Waals surface area (Å²) < 4.78 is 10.8. The molecule has 1 aromatic carbocycles. The summed E-state index contributed by atoms with van der Waals surface area (Å²) in [6, 6.07) is 8.31. The average Bonchev–Trinajstić information content (AvgIpc) is 3.33. The summed E-state index contributed by atoms with van der Waals surface area (Å²) in [6.45, 7) is 12.5. The Kier molecular flexibility index (Phi) is 11.3. The van der Waals surface area contributed by atoms with E-state index in [-0.39, 0.29) is 29.7 Å². The van der Waals surface area contributed by atoms with Gasteiger partial charge >= 0.3 is 0 Å². The van der Waals surface area contributed by atoms with Gasteiger partial charge in [-0.05, 0) is 63.1 Å². The summed E-state index contributed by atoms with van der Waals surface area (Å²) in [7, 11) is 0. The number of hydrogen-bond donors (Lipinski definition) is 3. The average molecular weight is 610 g/mol. The number of amides is 3. The molecule has 11 heteroatoms. The van der Waals surface area contributed by atoms with Gasteiger partial charge in [0.2, 0.25) is 11.8 Å². The number of epoxide rings is 1. The lowest BCUT2D eigenvalue weighted by atomic mass is 9.93. The Labute approximate surface area is 259 Å². The molecule has 4 rings (SSSR count). The molecule has 3 amide bonds. The molecule has 3 N–H and O–H groups in total. The molecule has 1 aromatic heterocycles. The van der Waals surface area contributed by atoms with Gasteiger partial charge in [-0.15, -0.1) is 0 Å².